The van der Waals surface area contributed by atoms with E-state index >= 15 is 0 Å². The van der Waals surface area contributed by atoms with Gasteiger partial charge in [-0.05, 0) is 63.3 Å². The molecule has 3 aromatic heterocycles. The van der Waals surface area contributed by atoms with Crippen LogP contribution in [0.4, 0.5) is 5.82 Å². The minimum Gasteiger partial charge on any atom is -0.356 e. The zero-order valence-corrected chi connectivity index (χ0v) is 19.2. The summed E-state index contributed by atoms with van der Waals surface area (Å²) in [6.07, 6.45) is 11.2. The molecule has 0 aliphatic carbocycles. The van der Waals surface area contributed by atoms with Crippen LogP contribution in [0.2, 0.25) is 0 Å². The van der Waals surface area contributed by atoms with E-state index in [2.05, 4.69) is 27.9 Å². The lowest BCUT2D eigenvalue weighted by atomic mass is 9.98. The maximum atomic E-state index is 13.3. The van der Waals surface area contributed by atoms with Crippen LogP contribution in [-0.2, 0) is 12.8 Å². The van der Waals surface area contributed by atoms with Gasteiger partial charge in [-0.2, -0.15) is 0 Å². The van der Waals surface area contributed by atoms with E-state index in [-0.39, 0.29) is 11.9 Å². The molecule has 2 aliphatic rings. The molecule has 1 saturated heterocycles. The summed E-state index contributed by atoms with van der Waals surface area (Å²) in [6, 6.07) is 9.54. The number of piperidine rings is 1. The van der Waals surface area contributed by atoms with E-state index < -0.39 is 0 Å². The first-order chi connectivity index (χ1) is 16.2. The first kappa shape index (κ1) is 21.5. The van der Waals surface area contributed by atoms with Gasteiger partial charge in [-0.25, -0.2) is 9.97 Å². The Bertz CT molecular complexity index is 1100. The summed E-state index contributed by atoms with van der Waals surface area (Å²) in [5.74, 6) is 1.85. The molecule has 1 atom stereocenters. The number of pyridine rings is 2. The van der Waals surface area contributed by atoms with E-state index in [9.17, 15) is 4.79 Å². The zero-order valence-electron chi connectivity index (χ0n) is 19.2. The van der Waals surface area contributed by atoms with E-state index in [1.807, 2.05) is 23.2 Å². The van der Waals surface area contributed by atoms with Crippen molar-refractivity contribution in [2.75, 3.05) is 24.5 Å². The zero-order chi connectivity index (χ0) is 22.6. The van der Waals surface area contributed by atoms with Crippen molar-refractivity contribution in [1.29, 1.82) is 0 Å². The first-order valence-corrected chi connectivity index (χ1v) is 11.9. The number of hydrogen-bond acceptors (Lipinski definition) is 6. The predicted molar refractivity (Wildman–Crippen MR) is 127 cm³/mol. The first-order valence-electron chi connectivity index (χ1n) is 11.9. The maximum Gasteiger partial charge on any atom is 0.254 e. The molecular formula is C26H30N6O. The Morgan fingerprint density at radius 3 is 2.73 bits per heavy atom. The number of fused-ring (bicyclic) bond motifs is 1. The average Bonchev–Trinajstić information content (AvgIpc) is 2.88. The molecule has 7 heteroatoms. The number of carbonyl (C=O) groups is 1. The summed E-state index contributed by atoms with van der Waals surface area (Å²) in [6.45, 7) is 4.68. The van der Waals surface area contributed by atoms with Crippen LogP contribution in [0.15, 0.2) is 48.9 Å². The van der Waals surface area contributed by atoms with Crippen LogP contribution < -0.4 is 4.90 Å². The molecule has 0 N–H and O–H groups in total. The lowest BCUT2D eigenvalue weighted by Crippen LogP contribution is -2.40. The summed E-state index contributed by atoms with van der Waals surface area (Å²) < 4.78 is 0. The van der Waals surface area contributed by atoms with Crippen LogP contribution in [0.5, 0.6) is 0 Å². The van der Waals surface area contributed by atoms with E-state index in [1.165, 1.54) is 5.56 Å². The highest BCUT2D eigenvalue weighted by molar-refractivity contribution is 5.94. The van der Waals surface area contributed by atoms with Crippen LogP contribution in [0.3, 0.4) is 0 Å². The van der Waals surface area contributed by atoms with Gasteiger partial charge in [0.2, 0.25) is 0 Å². The second-order valence-corrected chi connectivity index (χ2v) is 8.88. The molecule has 2 aliphatic heterocycles. The van der Waals surface area contributed by atoms with Crippen molar-refractivity contribution < 1.29 is 4.79 Å². The summed E-state index contributed by atoms with van der Waals surface area (Å²) >= 11 is 0. The quantitative estimate of drug-likeness (QED) is 0.596. The second kappa shape index (κ2) is 9.65. The minimum atomic E-state index is -0.0945. The van der Waals surface area contributed by atoms with Crippen molar-refractivity contribution in [3.8, 4) is 0 Å². The van der Waals surface area contributed by atoms with Gasteiger partial charge in [0.15, 0.2) is 5.82 Å². The lowest BCUT2D eigenvalue weighted by Gasteiger charge is -2.36. The Balaban J connectivity index is 1.43. The summed E-state index contributed by atoms with van der Waals surface area (Å²) in [5.41, 5.74) is 4.05. The third-order valence-electron chi connectivity index (χ3n) is 6.72. The van der Waals surface area contributed by atoms with Crippen LogP contribution in [-0.4, -0.2) is 50.4 Å². The van der Waals surface area contributed by atoms with Crippen molar-refractivity contribution in [2.45, 2.75) is 51.5 Å². The fourth-order valence-electron chi connectivity index (χ4n) is 4.97. The van der Waals surface area contributed by atoms with Crippen LogP contribution in [0.1, 0.15) is 64.9 Å². The third kappa shape index (κ3) is 4.58. The van der Waals surface area contributed by atoms with Crippen LogP contribution >= 0.6 is 0 Å². The fraction of sp³-hybridized carbons (Fsp3) is 0.423. The minimum absolute atomic E-state index is 0.0353. The molecular weight excluding hydrogens is 412 g/mol. The Labute approximate surface area is 194 Å². The van der Waals surface area contributed by atoms with Crippen LogP contribution in [0, 0.1) is 6.92 Å². The fourth-order valence-corrected chi connectivity index (χ4v) is 4.97. The average molecular weight is 443 g/mol. The Morgan fingerprint density at radius 2 is 1.91 bits per heavy atom. The SMILES string of the molecule is Cc1nc([C@H]2CCCCN2C(=O)c2ccncc2)nc2c1CCCN2CCc1ccccn1. The maximum absolute atomic E-state index is 13.3. The smallest absolute Gasteiger partial charge is 0.254 e. The molecule has 170 valence electrons. The van der Waals surface area contributed by atoms with Gasteiger partial charge < -0.3 is 9.80 Å². The van der Waals surface area contributed by atoms with Gasteiger partial charge in [-0.3, -0.25) is 14.8 Å². The largest absolute Gasteiger partial charge is 0.356 e. The molecule has 0 radical (unpaired) electrons. The standard InChI is InChI=1S/C26H30N6O/c1-19-22-8-6-16-31(18-12-21-7-2-4-13-28-21)25(22)30-24(29-19)23-9-3-5-17-32(23)26(33)20-10-14-27-15-11-20/h2,4,7,10-11,13-15,23H,3,5-6,8-9,12,16-18H2,1H3/t23-/m1/s1. The molecule has 3 aromatic rings. The topological polar surface area (TPSA) is 75.1 Å². The predicted octanol–water partition coefficient (Wildman–Crippen LogP) is 3.94. The van der Waals surface area contributed by atoms with Gasteiger partial charge in [-0.1, -0.05) is 6.07 Å². The van der Waals surface area contributed by atoms with E-state index in [0.29, 0.717) is 5.56 Å². The van der Waals surface area contributed by atoms with Crippen LogP contribution in [0.25, 0.3) is 0 Å². The Morgan fingerprint density at radius 1 is 1.03 bits per heavy atom. The third-order valence-corrected chi connectivity index (χ3v) is 6.72. The molecule has 5 rings (SSSR count). The molecule has 0 bridgehead atoms. The number of rotatable bonds is 5. The number of aryl methyl sites for hydroxylation is 1. The van der Waals surface area contributed by atoms with Crippen molar-refractivity contribution in [1.82, 2.24) is 24.8 Å². The van der Waals surface area contributed by atoms with Crippen molar-refractivity contribution >= 4 is 11.7 Å². The number of aromatic nitrogens is 4. The molecule has 0 spiro atoms. The molecule has 5 heterocycles. The van der Waals surface area contributed by atoms with Gasteiger partial charge in [0.25, 0.3) is 5.91 Å². The number of likely N-dealkylation sites (tertiary alicyclic amines) is 1. The molecule has 0 aromatic carbocycles. The van der Waals surface area contributed by atoms with Gasteiger partial charge in [0.1, 0.15) is 5.82 Å². The number of hydrogen-bond donors (Lipinski definition) is 0. The summed E-state index contributed by atoms with van der Waals surface area (Å²) in [7, 11) is 0. The van der Waals surface area contributed by atoms with E-state index in [0.717, 1.165) is 81.2 Å². The highest BCUT2D eigenvalue weighted by Gasteiger charge is 2.32. The molecule has 33 heavy (non-hydrogen) atoms. The molecule has 7 nitrogen and oxygen atoms in total. The monoisotopic (exact) mass is 442 g/mol. The van der Waals surface area contributed by atoms with Crippen molar-refractivity contribution in [3.05, 3.63) is 77.3 Å². The highest BCUT2D eigenvalue weighted by atomic mass is 16.2. The molecule has 1 amide bonds. The Kier molecular flexibility index (Phi) is 6.28. The summed E-state index contributed by atoms with van der Waals surface area (Å²) in [5, 5.41) is 0. The highest BCUT2D eigenvalue weighted by Crippen LogP contribution is 2.34. The summed E-state index contributed by atoms with van der Waals surface area (Å²) in [4.78, 5) is 36.2. The van der Waals surface area contributed by atoms with Gasteiger partial charge >= 0.3 is 0 Å². The molecule has 0 saturated carbocycles. The van der Waals surface area contributed by atoms with Gasteiger partial charge in [0.05, 0.1) is 6.04 Å². The number of nitrogens with zero attached hydrogens (tertiary/aromatic N) is 6. The number of anilines is 1. The van der Waals surface area contributed by atoms with Crippen molar-refractivity contribution in [2.24, 2.45) is 0 Å². The Hall–Kier alpha value is -3.35. The van der Waals surface area contributed by atoms with Gasteiger partial charge in [0, 0.05) is 67.2 Å². The number of carbonyl (C=O) groups excluding carboxylic acids is 1. The van der Waals surface area contributed by atoms with E-state index in [4.69, 9.17) is 9.97 Å². The van der Waals surface area contributed by atoms with E-state index in [1.54, 1.807) is 24.5 Å². The molecule has 1 fully saturated rings. The van der Waals surface area contributed by atoms with Gasteiger partial charge in [-0.15, -0.1) is 0 Å². The normalized spacial score (nSPS) is 18.2. The van der Waals surface area contributed by atoms with Crippen molar-refractivity contribution in [3.63, 3.8) is 0 Å². The number of amides is 1. The second-order valence-electron chi connectivity index (χ2n) is 8.88. The molecule has 0 unspecified atom stereocenters. The lowest BCUT2D eigenvalue weighted by molar-refractivity contribution is 0.0599.